The highest BCUT2D eigenvalue weighted by Crippen LogP contribution is 2.66. The minimum Gasteiger partial charge on any atom is -0.462 e. The van der Waals surface area contributed by atoms with Gasteiger partial charge in [0.2, 0.25) is 0 Å². The highest BCUT2D eigenvalue weighted by atomic mass is 16.5. The zero-order valence-corrected chi connectivity index (χ0v) is 13.3. The van der Waals surface area contributed by atoms with Crippen molar-refractivity contribution in [3.8, 4) is 0 Å². The van der Waals surface area contributed by atoms with E-state index in [9.17, 15) is 4.79 Å². The maximum absolute atomic E-state index is 12.2. The molecule has 0 amide bonds. The smallest absolute Gasteiger partial charge is 0.306 e. The first kappa shape index (κ1) is 14.6. The van der Waals surface area contributed by atoms with Crippen LogP contribution in [0.3, 0.4) is 0 Å². The van der Waals surface area contributed by atoms with Crippen LogP contribution >= 0.6 is 0 Å². The second kappa shape index (κ2) is 5.11. The Bertz CT molecular complexity index is 525. The molecule has 0 radical (unpaired) electrons. The van der Waals surface area contributed by atoms with Crippen LogP contribution in [0.15, 0.2) is 24.4 Å². The first-order valence-corrected chi connectivity index (χ1v) is 8.03. The molecular formula is C18H25NO2. The van der Waals surface area contributed by atoms with Crippen molar-refractivity contribution in [1.82, 2.24) is 4.98 Å². The molecule has 0 saturated heterocycles. The molecule has 2 aliphatic carbocycles. The summed E-state index contributed by atoms with van der Waals surface area (Å²) in [5.41, 5.74) is 1.39. The normalized spacial score (nSPS) is 33.1. The number of carbonyl (C=O) groups is 1. The fraction of sp³-hybridized carbons (Fsp3) is 0.667. The molecule has 0 aromatic carbocycles. The van der Waals surface area contributed by atoms with Crippen LogP contribution in [-0.2, 0) is 16.0 Å². The molecule has 3 heteroatoms. The Morgan fingerprint density at radius 1 is 1.38 bits per heavy atom. The van der Waals surface area contributed by atoms with Crippen molar-refractivity contribution in [2.24, 2.45) is 16.7 Å². The predicted molar refractivity (Wildman–Crippen MR) is 81.7 cm³/mol. The van der Waals surface area contributed by atoms with Crippen LogP contribution in [0.2, 0.25) is 0 Å². The Kier molecular flexibility index (Phi) is 3.54. The fourth-order valence-corrected chi connectivity index (χ4v) is 4.30. The van der Waals surface area contributed by atoms with Gasteiger partial charge in [0.05, 0.1) is 6.42 Å². The predicted octanol–water partition coefficient (Wildman–Crippen LogP) is 3.77. The van der Waals surface area contributed by atoms with E-state index in [2.05, 4.69) is 25.8 Å². The number of hydrogen-bond donors (Lipinski definition) is 0. The third-order valence-electron chi connectivity index (χ3n) is 6.30. The first-order chi connectivity index (χ1) is 9.93. The van der Waals surface area contributed by atoms with Gasteiger partial charge in [0.25, 0.3) is 0 Å². The molecule has 114 valence electrons. The van der Waals surface area contributed by atoms with E-state index in [4.69, 9.17) is 4.74 Å². The van der Waals surface area contributed by atoms with Crippen LogP contribution in [0.1, 0.15) is 52.1 Å². The van der Waals surface area contributed by atoms with Crippen LogP contribution in [0, 0.1) is 16.7 Å². The summed E-state index contributed by atoms with van der Waals surface area (Å²) in [6.45, 7) is 6.98. The lowest BCUT2D eigenvalue weighted by Gasteiger charge is -2.38. The van der Waals surface area contributed by atoms with Crippen LogP contribution in [0.5, 0.6) is 0 Å². The minimum atomic E-state index is -0.0739. The second-order valence-electron chi connectivity index (χ2n) is 7.41. The van der Waals surface area contributed by atoms with Crippen LogP contribution in [-0.4, -0.2) is 17.1 Å². The molecule has 2 bridgehead atoms. The standard InChI is InChI=1S/C18H25NO2/c1-17(2)13-9-10-18(17,3)15(12-13)21-16(20)8-7-14-6-4-5-11-19-14/h4-6,11,13,15H,7-10,12H2,1-3H3. The summed E-state index contributed by atoms with van der Waals surface area (Å²) >= 11 is 0. The molecule has 1 aromatic rings. The molecule has 0 N–H and O–H groups in total. The molecule has 2 saturated carbocycles. The summed E-state index contributed by atoms with van der Waals surface area (Å²) in [4.78, 5) is 16.4. The number of pyridine rings is 1. The third-order valence-corrected chi connectivity index (χ3v) is 6.30. The number of rotatable bonds is 4. The summed E-state index contributed by atoms with van der Waals surface area (Å²) in [6.07, 6.45) is 6.46. The zero-order chi connectivity index (χ0) is 15.1. The molecule has 3 rings (SSSR count). The van der Waals surface area contributed by atoms with Gasteiger partial charge in [-0.3, -0.25) is 9.78 Å². The van der Waals surface area contributed by atoms with Gasteiger partial charge >= 0.3 is 5.97 Å². The molecule has 0 spiro atoms. The number of esters is 1. The Morgan fingerprint density at radius 2 is 2.19 bits per heavy atom. The van der Waals surface area contributed by atoms with E-state index in [0.29, 0.717) is 24.2 Å². The average Bonchev–Trinajstić information content (AvgIpc) is 2.79. The van der Waals surface area contributed by atoms with Gasteiger partial charge in [0.15, 0.2) is 0 Å². The van der Waals surface area contributed by atoms with Crippen LogP contribution in [0.4, 0.5) is 0 Å². The van der Waals surface area contributed by atoms with Gasteiger partial charge in [-0.05, 0) is 42.7 Å². The number of nitrogens with zero attached hydrogens (tertiary/aromatic N) is 1. The van der Waals surface area contributed by atoms with Crippen LogP contribution in [0.25, 0.3) is 0 Å². The molecule has 2 aliphatic rings. The topological polar surface area (TPSA) is 39.2 Å². The lowest BCUT2D eigenvalue weighted by Crippen LogP contribution is -2.38. The van der Waals surface area contributed by atoms with E-state index in [0.717, 1.165) is 12.1 Å². The Morgan fingerprint density at radius 3 is 2.76 bits per heavy atom. The van der Waals surface area contributed by atoms with E-state index in [1.54, 1.807) is 6.20 Å². The van der Waals surface area contributed by atoms with Crippen molar-refractivity contribution >= 4 is 5.97 Å². The molecule has 0 aliphatic heterocycles. The molecule has 21 heavy (non-hydrogen) atoms. The van der Waals surface area contributed by atoms with Crippen molar-refractivity contribution in [3.05, 3.63) is 30.1 Å². The van der Waals surface area contributed by atoms with Crippen molar-refractivity contribution in [2.45, 2.75) is 59.0 Å². The van der Waals surface area contributed by atoms with E-state index in [-0.39, 0.29) is 17.5 Å². The summed E-state index contributed by atoms with van der Waals surface area (Å²) < 4.78 is 5.84. The van der Waals surface area contributed by atoms with Crippen molar-refractivity contribution in [3.63, 3.8) is 0 Å². The highest BCUT2D eigenvalue weighted by molar-refractivity contribution is 5.70. The van der Waals surface area contributed by atoms with Gasteiger partial charge in [0.1, 0.15) is 6.10 Å². The summed E-state index contributed by atoms with van der Waals surface area (Å²) in [6, 6.07) is 5.79. The van der Waals surface area contributed by atoms with E-state index in [1.165, 1.54) is 12.8 Å². The fourth-order valence-electron chi connectivity index (χ4n) is 4.30. The monoisotopic (exact) mass is 287 g/mol. The Labute approximate surface area is 127 Å². The first-order valence-electron chi connectivity index (χ1n) is 8.03. The lowest BCUT2D eigenvalue weighted by atomic mass is 9.70. The Hall–Kier alpha value is -1.38. The van der Waals surface area contributed by atoms with Gasteiger partial charge in [-0.1, -0.05) is 26.8 Å². The van der Waals surface area contributed by atoms with E-state index < -0.39 is 0 Å². The molecular weight excluding hydrogens is 262 g/mol. The average molecular weight is 287 g/mol. The van der Waals surface area contributed by atoms with Crippen molar-refractivity contribution in [2.75, 3.05) is 0 Å². The summed E-state index contributed by atoms with van der Waals surface area (Å²) in [5.74, 6) is 0.631. The number of hydrogen-bond acceptors (Lipinski definition) is 3. The molecule has 1 heterocycles. The SMILES string of the molecule is CC1(C)C2CCC1(C)C(OC(=O)CCc1ccccn1)C2. The van der Waals surface area contributed by atoms with Gasteiger partial charge in [-0.15, -0.1) is 0 Å². The summed E-state index contributed by atoms with van der Waals surface area (Å²) in [7, 11) is 0. The largest absolute Gasteiger partial charge is 0.462 e. The Balaban J connectivity index is 1.57. The quantitative estimate of drug-likeness (QED) is 0.791. The minimum absolute atomic E-state index is 0.0739. The zero-order valence-electron chi connectivity index (χ0n) is 13.3. The number of aryl methyl sites for hydroxylation is 1. The number of ether oxygens (including phenoxy) is 1. The maximum Gasteiger partial charge on any atom is 0.306 e. The lowest BCUT2D eigenvalue weighted by molar-refractivity contribution is -0.156. The van der Waals surface area contributed by atoms with Gasteiger partial charge < -0.3 is 4.74 Å². The van der Waals surface area contributed by atoms with Gasteiger partial charge in [-0.25, -0.2) is 0 Å². The van der Waals surface area contributed by atoms with Gasteiger partial charge in [-0.2, -0.15) is 0 Å². The van der Waals surface area contributed by atoms with E-state index in [1.807, 2.05) is 18.2 Å². The second-order valence-corrected chi connectivity index (χ2v) is 7.41. The number of carbonyl (C=O) groups excluding carboxylic acids is 1. The molecule has 3 atom stereocenters. The van der Waals surface area contributed by atoms with Crippen LogP contribution < -0.4 is 0 Å². The number of fused-ring (bicyclic) bond motifs is 2. The molecule has 3 unspecified atom stereocenters. The van der Waals surface area contributed by atoms with Crippen molar-refractivity contribution < 1.29 is 9.53 Å². The van der Waals surface area contributed by atoms with Crippen molar-refractivity contribution in [1.29, 1.82) is 0 Å². The molecule has 2 fully saturated rings. The van der Waals surface area contributed by atoms with E-state index >= 15 is 0 Å². The number of aromatic nitrogens is 1. The maximum atomic E-state index is 12.2. The molecule has 1 aromatic heterocycles. The van der Waals surface area contributed by atoms with Gasteiger partial charge in [0, 0.05) is 23.7 Å². The highest BCUT2D eigenvalue weighted by Gasteiger charge is 2.62. The summed E-state index contributed by atoms with van der Waals surface area (Å²) in [5, 5.41) is 0. The molecule has 3 nitrogen and oxygen atoms in total. The third kappa shape index (κ3) is 2.37.